The molecule has 1 fully saturated rings. The molecule has 5 heteroatoms. The van der Waals surface area contributed by atoms with E-state index in [0.717, 1.165) is 25.7 Å². The number of esters is 1. The van der Waals surface area contributed by atoms with Crippen LogP contribution in [0.5, 0.6) is 0 Å². The van der Waals surface area contributed by atoms with Crippen molar-refractivity contribution in [3.05, 3.63) is 0 Å². The third-order valence-electron chi connectivity index (χ3n) is 2.98. The van der Waals surface area contributed by atoms with Gasteiger partial charge in [0.25, 0.3) is 0 Å². The molecule has 1 aliphatic carbocycles. The van der Waals surface area contributed by atoms with Crippen molar-refractivity contribution in [3.63, 3.8) is 0 Å². The molecule has 2 atom stereocenters. The highest BCUT2D eigenvalue weighted by atomic mass is 16.6. The third-order valence-corrected chi connectivity index (χ3v) is 2.98. The number of nitrogens with one attached hydrogen (secondary N) is 1. The largest absolute Gasteiger partial charge is 0.460 e. The Labute approximate surface area is 115 Å². The normalized spacial score (nSPS) is 23.6. The molecule has 0 radical (unpaired) electrons. The predicted octanol–water partition coefficient (Wildman–Crippen LogP) is 2.78. The van der Waals surface area contributed by atoms with Crippen LogP contribution < -0.4 is 5.32 Å². The van der Waals surface area contributed by atoms with E-state index in [4.69, 9.17) is 9.47 Å². The fraction of sp³-hybridized carbons (Fsp3) is 0.857. The first-order valence-corrected chi connectivity index (χ1v) is 7.01. The molecular weight excluding hydrogens is 246 g/mol. The van der Waals surface area contributed by atoms with Crippen molar-refractivity contribution >= 4 is 12.1 Å². The monoisotopic (exact) mass is 271 g/mol. The van der Waals surface area contributed by atoms with Crippen LogP contribution in [0, 0.1) is 0 Å². The van der Waals surface area contributed by atoms with Gasteiger partial charge < -0.3 is 14.8 Å². The Morgan fingerprint density at radius 1 is 1.21 bits per heavy atom. The number of carbonyl (C=O) groups excluding carboxylic acids is 2. The fourth-order valence-electron chi connectivity index (χ4n) is 2.11. The molecule has 5 nitrogen and oxygen atoms in total. The zero-order chi connectivity index (χ0) is 14.5. The molecule has 0 aromatic carbocycles. The first-order chi connectivity index (χ1) is 8.81. The van der Waals surface area contributed by atoms with Crippen molar-refractivity contribution in [2.24, 2.45) is 0 Å². The van der Waals surface area contributed by atoms with Gasteiger partial charge in [0.2, 0.25) is 0 Å². The summed E-state index contributed by atoms with van der Waals surface area (Å²) in [5, 5.41) is 2.82. The van der Waals surface area contributed by atoms with E-state index in [1.807, 2.05) is 20.8 Å². The SMILES string of the molecule is CCC(=O)OC1CCCCC1NC(=O)OC(C)(C)C. The maximum absolute atomic E-state index is 11.8. The quantitative estimate of drug-likeness (QED) is 0.802. The third kappa shape index (κ3) is 5.94. The summed E-state index contributed by atoms with van der Waals surface area (Å²) in [6.07, 6.45) is 3.35. The zero-order valence-electron chi connectivity index (χ0n) is 12.3. The van der Waals surface area contributed by atoms with Gasteiger partial charge in [-0.3, -0.25) is 4.79 Å². The number of hydrogen-bond acceptors (Lipinski definition) is 4. The molecule has 0 spiro atoms. The Kier molecular flexibility index (Phi) is 5.63. The average Bonchev–Trinajstić information content (AvgIpc) is 2.29. The van der Waals surface area contributed by atoms with Crippen LogP contribution in [-0.4, -0.2) is 29.8 Å². The van der Waals surface area contributed by atoms with Gasteiger partial charge in [0.15, 0.2) is 0 Å². The summed E-state index contributed by atoms with van der Waals surface area (Å²) >= 11 is 0. The summed E-state index contributed by atoms with van der Waals surface area (Å²) in [6.45, 7) is 7.23. The van der Waals surface area contributed by atoms with Crippen LogP contribution in [0.4, 0.5) is 4.79 Å². The van der Waals surface area contributed by atoms with Crippen LogP contribution >= 0.6 is 0 Å². The lowest BCUT2D eigenvalue weighted by molar-refractivity contribution is -0.151. The highest BCUT2D eigenvalue weighted by Gasteiger charge is 2.30. The summed E-state index contributed by atoms with van der Waals surface area (Å²) in [5.41, 5.74) is -0.520. The number of alkyl carbamates (subject to hydrolysis) is 1. The lowest BCUT2D eigenvalue weighted by atomic mass is 9.92. The topological polar surface area (TPSA) is 64.6 Å². The van der Waals surface area contributed by atoms with Gasteiger partial charge in [-0.1, -0.05) is 13.3 Å². The number of rotatable bonds is 3. The van der Waals surface area contributed by atoms with Crippen molar-refractivity contribution in [2.75, 3.05) is 0 Å². The van der Waals surface area contributed by atoms with E-state index in [0.29, 0.717) is 6.42 Å². The van der Waals surface area contributed by atoms with Crippen molar-refractivity contribution in [1.29, 1.82) is 0 Å². The Morgan fingerprint density at radius 3 is 2.42 bits per heavy atom. The van der Waals surface area contributed by atoms with Crippen molar-refractivity contribution in [1.82, 2.24) is 5.32 Å². The Balaban J connectivity index is 2.52. The molecule has 0 bridgehead atoms. The number of ether oxygens (including phenoxy) is 2. The van der Waals surface area contributed by atoms with E-state index in [-0.39, 0.29) is 18.1 Å². The molecule has 1 aliphatic rings. The minimum atomic E-state index is -0.520. The van der Waals surface area contributed by atoms with Gasteiger partial charge in [0.05, 0.1) is 6.04 Å². The van der Waals surface area contributed by atoms with Crippen LogP contribution in [0.25, 0.3) is 0 Å². The minimum Gasteiger partial charge on any atom is -0.460 e. The van der Waals surface area contributed by atoms with E-state index in [1.165, 1.54) is 0 Å². The Hall–Kier alpha value is -1.26. The Morgan fingerprint density at radius 2 is 1.84 bits per heavy atom. The molecule has 19 heavy (non-hydrogen) atoms. The molecule has 0 aliphatic heterocycles. The van der Waals surface area contributed by atoms with E-state index in [9.17, 15) is 9.59 Å². The summed E-state index contributed by atoms with van der Waals surface area (Å²) < 4.78 is 10.6. The molecule has 0 aromatic heterocycles. The number of carbonyl (C=O) groups is 2. The molecule has 0 aromatic rings. The molecule has 110 valence electrons. The van der Waals surface area contributed by atoms with Crippen LogP contribution in [0.2, 0.25) is 0 Å². The molecule has 0 saturated heterocycles. The van der Waals surface area contributed by atoms with Gasteiger partial charge in [-0.2, -0.15) is 0 Å². The summed E-state index contributed by atoms with van der Waals surface area (Å²) in [4.78, 5) is 23.1. The van der Waals surface area contributed by atoms with E-state index in [1.54, 1.807) is 6.92 Å². The number of hydrogen-bond donors (Lipinski definition) is 1. The van der Waals surface area contributed by atoms with Crippen LogP contribution in [0.1, 0.15) is 59.8 Å². The second kappa shape index (κ2) is 6.78. The second-order valence-electron chi connectivity index (χ2n) is 5.92. The van der Waals surface area contributed by atoms with Gasteiger partial charge in [0, 0.05) is 6.42 Å². The van der Waals surface area contributed by atoms with Gasteiger partial charge in [-0.05, 0) is 40.0 Å². The standard InChI is InChI=1S/C14H25NO4/c1-5-12(16)18-11-9-7-6-8-10(11)15-13(17)19-14(2,3)4/h10-11H,5-9H2,1-4H3,(H,15,17). The van der Waals surface area contributed by atoms with Crippen LogP contribution in [0.15, 0.2) is 0 Å². The molecule has 1 saturated carbocycles. The van der Waals surface area contributed by atoms with Gasteiger partial charge >= 0.3 is 12.1 Å². The zero-order valence-corrected chi connectivity index (χ0v) is 12.3. The minimum absolute atomic E-state index is 0.140. The maximum atomic E-state index is 11.8. The molecule has 0 heterocycles. The number of amides is 1. The maximum Gasteiger partial charge on any atom is 0.408 e. The predicted molar refractivity (Wildman–Crippen MR) is 71.8 cm³/mol. The van der Waals surface area contributed by atoms with Gasteiger partial charge in [-0.25, -0.2) is 4.79 Å². The van der Waals surface area contributed by atoms with E-state index < -0.39 is 11.7 Å². The van der Waals surface area contributed by atoms with Gasteiger partial charge in [-0.15, -0.1) is 0 Å². The van der Waals surface area contributed by atoms with Crippen LogP contribution in [0.3, 0.4) is 0 Å². The van der Waals surface area contributed by atoms with Crippen molar-refractivity contribution in [3.8, 4) is 0 Å². The molecule has 1 rings (SSSR count). The summed E-state index contributed by atoms with van der Waals surface area (Å²) in [6, 6.07) is -0.140. The summed E-state index contributed by atoms with van der Waals surface area (Å²) in [7, 11) is 0. The second-order valence-corrected chi connectivity index (χ2v) is 5.92. The smallest absolute Gasteiger partial charge is 0.408 e. The summed E-state index contributed by atoms with van der Waals surface area (Å²) in [5.74, 6) is -0.220. The van der Waals surface area contributed by atoms with E-state index >= 15 is 0 Å². The molecular formula is C14H25NO4. The highest BCUT2D eigenvalue weighted by Crippen LogP contribution is 2.22. The first-order valence-electron chi connectivity index (χ1n) is 7.01. The van der Waals surface area contributed by atoms with Crippen molar-refractivity contribution < 1.29 is 19.1 Å². The molecule has 2 unspecified atom stereocenters. The van der Waals surface area contributed by atoms with Crippen LogP contribution in [-0.2, 0) is 14.3 Å². The Bertz CT molecular complexity index is 322. The average molecular weight is 271 g/mol. The highest BCUT2D eigenvalue weighted by molar-refractivity contribution is 5.70. The van der Waals surface area contributed by atoms with Crippen molar-refractivity contribution in [2.45, 2.75) is 77.5 Å². The molecule has 1 N–H and O–H groups in total. The lowest BCUT2D eigenvalue weighted by Crippen LogP contribution is -2.48. The fourth-order valence-corrected chi connectivity index (χ4v) is 2.11. The van der Waals surface area contributed by atoms with E-state index in [2.05, 4.69) is 5.32 Å². The molecule has 1 amide bonds. The first kappa shape index (κ1) is 15.8. The van der Waals surface area contributed by atoms with Gasteiger partial charge in [0.1, 0.15) is 11.7 Å². The lowest BCUT2D eigenvalue weighted by Gasteiger charge is -2.32.